The molecule has 0 aliphatic rings. The Hall–Kier alpha value is -3.85. The van der Waals surface area contributed by atoms with Crippen molar-refractivity contribution in [3.05, 3.63) is 95.6 Å². The lowest BCUT2D eigenvalue weighted by atomic mass is 10.0. The zero-order valence-electron chi connectivity index (χ0n) is 24.4. The van der Waals surface area contributed by atoms with Gasteiger partial charge in [0.05, 0.1) is 19.1 Å². The molecule has 0 aliphatic carbocycles. The van der Waals surface area contributed by atoms with Crippen molar-refractivity contribution in [2.75, 3.05) is 30.8 Å². The third kappa shape index (κ3) is 9.08. The first-order valence-corrected chi connectivity index (χ1v) is 15.8. The summed E-state index contributed by atoms with van der Waals surface area (Å²) in [4.78, 5) is 29.1. The number of aryl methyl sites for hydroxylation is 1. The standard InChI is InChI=1S/C32H41N3O5S/c1-5-21-33-32(37)29(23-26-15-7-6-8-16-26)34(24-27-17-10-9-14-25(27)2)31(36)20-13-22-35(41(4,38)39)28-18-11-12-19-30(28)40-3/h6-12,14-19,29H,5,13,20-24H2,1-4H3,(H,33,37). The normalized spacial score (nSPS) is 11.9. The molecular weight excluding hydrogens is 538 g/mol. The number of nitrogens with one attached hydrogen (secondary N) is 1. The predicted octanol–water partition coefficient (Wildman–Crippen LogP) is 4.72. The summed E-state index contributed by atoms with van der Waals surface area (Å²) in [6.07, 6.45) is 2.62. The Bertz CT molecular complexity index is 1400. The highest BCUT2D eigenvalue weighted by Gasteiger charge is 2.31. The number of amides is 2. The Morgan fingerprint density at radius 3 is 2.27 bits per heavy atom. The van der Waals surface area contributed by atoms with E-state index in [2.05, 4.69) is 5.32 Å². The van der Waals surface area contributed by atoms with Crippen LogP contribution in [0.3, 0.4) is 0 Å². The molecule has 3 rings (SSSR count). The number of sulfonamides is 1. The van der Waals surface area contributed by atoms with Crippen LogP contribution < -0.4 is 14.4 Å². The lowest BCUT2D eigenvalue weighted by Crippen LogP contribution is -2.50. The van der Waals surface area contributed by atoms with E-state index in [1.165, 1.54) is 11.4 Å². The molecule has 220 valence electrons. The Morgan fingerprint density at radius 1 is 0.951 bits per heavy atom. The highest BCUT2D eigenvalue weighted by molar-refractivity contribution is 7.92. The highest BCUT2D eigenvalue weighted by atomic mass is 32.2. The van der Waals surface area contributed by atoms with Crippen LogP contribution in [-0.2, 0) is 32.6 Å². The number of hydrogen-bond donors (Lipinski definition) is 1. The molecule has 3 aromatic rings. The van der Waals surface area contributed by atoms with Crippen molar-refractivity contribution in [2.45, 2.75) is 52.1 Å². The first-order valence-electron chi connectivity index (χ1n) is 13.9. The van der Waals surface area contributed by atoms with E-state index in [1.807, 2.05) is 68.4 Å². The van der Waals surface area contributed by atoms with Gasteiger partial charge in [0.2, 0.25) is 21.8 Å². The van der Waals surface area contributed by atoms with Gasteiger partial charge in [-0.1, -0.05) is 73.7 Å². The number of carbonyl (C=O) groups excluding carboxylic acids is 2. The van der Waals surface area contributed by atoms with Crippen molar-refractivity contribution >= 4 is 27.5 Å². The molecule has 0 bridgehead atoms. The summed E-state index contributed by atoms with van der Waals surface area (Å²) < 4.78 is 32.1. The van der Waals surface area contributed by atoms with Gasteiger partial charge in [0.15, 0.2) is 0 Å². The van der Waals surface area contributed by atoms with Crippen LogP contribution in [0.1, 0.15) is 42.9 Å². The summed E-state index contributed by atoms with van der Waals surface area (Å²) in [5.74, 6) is 0.0136. The molecule has 2 amide bonds. The van der Waals surface area contributed by atoms with Crippen molar-refractivity contribution in [1.29, 1.82) is 0 Å². The number of para-hydroxylation sites is 2. The van der Waals surface area contributed by atoms with Crippen molar-refractivity contribution in [1.82, 2.24) is 10.2 Å². The molecule has 1 atom stereocenters. The van der Waals surface area contributed by atoms with Gasteiger partial charge in [-0.05, 0) is 48.6 Å². The van der Waals surface area contributed by atoms with Gasteiger partial charge < -0.3 is 15.0 Å². The highest BCUT2D eigenvalue weighted by Crippen LogP contribution is 2.30. The molecule has 0 aromatic heterocycles. The SMILES string of the molecule is CCCNC(=O)C(Cc1ccccc1)N(Cc1ccccc1C)C(=O)CCCN(c1ccccc1OC)S(C)(=O)=O. The maximum Gasteiger partial charge on any atom is 0.243 e. The molecule has 9 heteroatoms. The summed E-state index contributed by atoms with van der Waals surface area (Å²) in [6, 6.07) is 23.6. The quantitative estimate of drug-likeness (QED) is 0.281. The number of benzene rings is 3. The summed E-state index contributed by atoms with van der Waals surface area (Å²) in [7, 11) is -2.15. The van der Waals surface area contributed by atoms with Crippen molar-refractivity contribution in [3.8, 4) is 5.75 Å². The monoisotopic (exact) mass is 579 g/mol. The van der Waals surface area contributed by atoms with E-state index < -0.39 is 16.1 Å². The molecule has 1 unspecified atom stereocenters. The Balaban J connectivity index is 1.89. The maximum atomic E-state index is 13.9. The molecular formula is C32H41N3O5S. The van der Waals surface area contributed by atoms with Crippen LogP contribution in [-0.4, -0.2) is 57.6 Å². The topological polar surface area (TPSA) is 96.0 Å². The Kier molecular flexibility index (Phi) is 11.8. The minimum atomic E-state index is -3.64. The number of carbonyl (C=O) groups is 2. The summed E-state index contributed by atoms with van der Waals surface area (Å²) in [5, 5.41) is 2.98. The fourth-order valence-corrected chi connectivity index (χ4v) is 5.68. The fourth-order valence-electron chi connectivity index (χ4n) is 4.71. The van der Waals surface area contributed by atoms with Crippen LogP contribution >= 0.6 is 0 Å². The number of hydrogen-bond acceptors (Lipinski definition) is 5. The maximum absolute atomic E-state index is 13.9. The van der Waals surface area contributed by atoms with Crippen molar-refractivity contribution < 1.29 is 22.7 Å². The van der Waals surface area contributed by atoms with Gasteiger partial charge in [0.1, 0.15) is 11.8 Å². The number of methoxy groups -OCH3 is 1. The molecule has 0 radical (unpaired) electrons. The third-order valence-electron chi connectivity index (χ3n) is 6.93. The minimum Gasteiger partial charge on any atom is -0.495 e. The Labute approximate surface area is 244 Å². The van der Waals surface area contributed by atoms with Gasteiger partial charge in [-0.3, -0.25) is 13.9 Å². The van der Waals surface area contributed by atoms with Gasteiger partial charge in [-0.25, -0.2) is 8.42 Å². The first kappa shape index (κ1) is 31.7. The molecule has 0 saturated heterocycles. The van der Waals surface area contributed by atoms with E-state index in [0.29, 0.717) is 24.4 Å². The van der Waals surface area contributed by atoms with E-state index in [4.69, 9.17) is 4.74 Å². The second-order valence-electron chi connectivity index (χ2n) is 10.1. The third-order valence-corrected chi connectivity index (χ3v) is 8.11. The van der Waals surface area contributed by atoms with Gasteiger partial charge in [0.25, 0.3) is 0 Å². The number of anilines is 1. The van der Waals surface area contributed by atoms with E-state index in [-0.39, 0.29) is 37.7 Å². The molecule has 0 heterocycles. The van der Waals surface area contributed by atoms with Crippen molar-refractivity contribution in [3.63, 3.8) is 0 Å². The summed E-state index contributed by atoms with van der Waals surface area (Å²) in [5.41, 5.74) is 3.35. The van der Waals surface area contributed by atoms with Gasteiger partial charge in [-0.2, -0.15) is 0 Å². The molecule has 8 nitrogen and oxygen atoms in total. The lowest BCUT2D eigenvalue weighted by Gasteiger charge is -2.32. The molecule has 0 fully saturated rings. The van der Waals surface area contributed by atoms with Gasteiger partial charge in [-0.15, -0.1) is 0 Å². The van der Waals surface area contributed by atoms with Crippen molar-refractivity contribution in [2.24, 2.45) is 0 Å². The molecule has 0 saturated carbocycles. The second-order valence-corrected chi connectivity index (χ2v) is 12.0. The van der Waals surface area contributed by atoms with E-state index in [0.717, 1.165) is 29.4 Å². The molecule has 0 aliphatic heterocycles. The Morgan fingerprint density at radius 2 is 1.61 bits per heavy atom. The summed E-state index contributed by atoms with van der Waals surface area (Å²) >= 11 is 0. The predicted molar refractivity (Wildman–Crippen MR) is 163 cm³/mol. The van der Waals surface area contributed by atoms with Crippen LogP contribution in [0.25, 0.3) is 0 Å². The number of rotatable bonds is 15. The largest absolute Gasteiger partial charge is 0.495 e. The van der Waals surface area contributed by atoms with Crippen LogP contribution in [0, 0.1) is 6.92 Å². The molecule has 3 aromatic carbocycles. The van der Waals surface area contributed by atoms with Crippen LogP contribution in [0.5, 0.6) is 5.75 Å². The van der Waals surface area contributed by atoms with Gasteiger partial charge in [0, 0.05) is 32.5 Å². The average Bonchev–Trinajstić information content (AvgIpc) is 2.96. The van der Waals surface area contributed by atoms with Gasteiger partial charge >= 0.3 is 0 Å². The minimum absolute atomic E-state index is 0.0688. The smallest absolute Gasteiger partial charge is 0.243 e. The van der Waals surface area contributed by atoms with Crippen LogP contribution in [0.2, 0.25) is 0 Å². The van der Waals surface area contributed by atoms with E-state index in [9.17, 15) is 18.0 Å². The average molecular weight is 580 g/mol. The van der Waals surface area contributed by atoms with Crippen LogP contribution in [0.4, 0.5) is 5.69 Å². The number of nitrogens with zero attached hydrogens (tertiary/aromatic N) is 2. The zero-order valence-corrected chi connectivity index (χ0v) is 25.2. The molecule has 41 heavy (non-hydrogen) atoms. The molecule has 0 spiro atoms. The number of ether oxygens (including phenoxy) is 1. The van der Waals surface area contributed by atoms with E-state index in [1.54, 1.807) is 29.2 Å². The van der Waals surface area contributed by atoms with Crippen LogP contribution in [0.15, 0.2) is 78.9 Å². The molecule has 1 N–H and O–H groups in total. The zero-order chi connectivity index (χ0) is 29.8. The second kappa shape index (κ2) is 15.2. The fraction of sp³-hybridized carbons (Fsp3) is 0.375. The summed E-state index contributed by atoms with van der Waals surface area (Å²) in [6.45, 7) is 4.84. The van der Waals surface area contributed by atoms with E-state index >= 15 is 0 Å². The lowest BCUT2D eigenvalue weighted by molar-refractivity contribution is -0.141. The first-order chi connectivity index (χ1) is 19.7.